The zero-order chi connectivity index (χ0) is 33.8. The van der Waals surface area contributed by atoms with Crippen LogP contribution in [-0.2, 0) is 21.8 Å². The van der Waals surface area contributed by atoms with Crippen molar-refractivity contribution in [1.82, 2.24) is 19.4 Å². The molecule has 3 saturated heterocycles. The van der Waals surface area contributed by atoms with Gasteiger partial charge < -0.3 is 38.4 Å². The fourth-order valence-corrected chi connectivity index (χ4v) is 7.33. The Morgan fingerprint density at radius 1 is 0.857 bits per heavy atom. The molecule has 1 aromatic heterocycles. The molecule has 3 aromatic carbocycles. The first-order valence-electron chi connectivity index (χ1n) is 17.1. The van der Waals surface area contributed by atoms with Gasteiger partial charge in [0.05, 0.1) is 30.2 Å². The molecule has 0 unspecified atom stereocenters. The summed E-state index contributed by atoms with van der Waals surface area (Å²) in [6.45, 7) is 13.3. The van der Waals surface area contributed by atoms with E-state index < -0.39 is 5.79 Å². The topological polar surface area (TPSA) is 70.8 Å². The number of benzene rings is 3. The molecule has 258 valence electrons. The Hall–Kier alpha value is -3.96. The van der Waals surface area contributed by atoms with Crippen molar-refractivity contribution in [3.8, 4) is 5.75 Å². The molecule has 0 aliphatic carbocycles. The van der Waals surface area contributed by atoms with Crippen molar-refractivity contribution in [3.63, 3.8) is 0 Å². The number of hydrogen-bond acceptors (Lipinski definition) is 7. The van der Waals surface area contributed by atoms with Crippen LogP contribution < -0.4 is 14.5 Å². The van der Waals surface area contributed by atoms with E-state index in [4.69, 9.17) is 42.4 Å². The number of anilines is 2. The molecule has 4 heterocycles. The van der Waals surface area contributed by atoms with Crippen molar-refractivity contribution in [3.05, 3.63) is 101 Å². The normalized spacial score (nSPS) is 21.1. The molecule has 4 aromatic rings. The van der Waals surface area contributed by atoms with Crippen LogP contribution in [0.2, 0.25) is 10.0 Å². The van der Waals surface area contributed by atoms with Crippen molar-refractivity contribution in [2.45, 2.75) is 32.3 Å². The lowest BCUT2D eigenvalue weighted by Gasteiger charge is -2.37. The number of guanidine groups is 1. The minimum absolute atomic E-state index is 0.288. The van der Waals surface area contributed by atoms with E-state index in [9.17, 15) is 0 Å². The van der Waals surface area contributed by atoms with Crippen molar-refractivity contribution >= 4 is 46.2 Å². The highest BCUT2D eigenvalue weighted by Gasteiger charge is 2.45. The standard InChI is InChI=1S/C37H43Cl2N7O3/c1-3-43-17-18-44(4-2)36(43)41-29-6-8-30(9-7-29)45-19-21-46(22-20-45)31-10-12-32(13-11-31)47-24-33-25-48-37(49-33,26-42-16-15-40-27-42)34-14-5-28(38)23-35(34)39/h5-16,23,27,33H,3-4,17-22,24-26H2,1-2H3/t33-,37-/m1/s1. The average Bonchev–Trinajstić information content (AvgIpc) is 3.89. The summed E-state index contributed by atoms with van der Waals surface area (Å²) in [6.07, 6.45) is 5.04. The summed E-state index contributed by atoms with van der Waals surface area (Å²) in [5, 5.41) is 1.04. The Kier molecular flexibility index (Phi) is 10.2. The number of aliphatic imine (C=N–C) groups is 1. The van der Waals surface area contributed by atoms with Crippen molar-refractivity contribution in [2.75, 3.05) is 75.4 Å². The number of likely N-dealkylation sites (N-methyl/N-ethyl adjacent to an activating group) is 2. The molecular formula is C37H43Cl2N7O3. The molecule has 2 atom stereocenters. The number of halogens is 2. The van der Waals surface area contributed by atoms with Crippen molar-refractivity contribution in [1.29, 1.82) is 0 Å². The Morgan fingerprint density at radius 3 is 2.10 bits per heavy atom. The number of rotatable bonds is 11. The number of imidazole rings is 1. The highest BCUT2D eigenvalue weighted by atomic mass is 35.5. The third-order valence-electron chi connectivity index (χ3n) is 9.48. The summed E-state index contributed by atoms with van der Waals surface area (Å²) in [4.78, 5) is 18.7. The second-order valence-electron chi connectivity index (χ2n) is 12.5. The quantitative estimate of drug-likeness (QED) is 0.175. The van der Waals surface area contributed by atoms with E-state index in [-0.39, 0.29) is 6.10 Å². The molecule has 0 bridgehead atoms. The zero-order valence-electron chi connectivity index (χ0n) is 28.0. The van der Waals surface area contributed by atoms with Gasteiger partial charge in [-0.15, -0.1) is 0 Å². The molecule has 7 rings (SSSR count). The summed E-state index contributed by atoms with van der Waals surface area (Å²) in [5.41, 5.74) is 4.15. The lowest BCUT2D eigenvalue weighted by Crippen LogP contribution is -2.46. The molecule has 3 aliphatic rings. The third kappa shape index (κ3) is 7.48. The summed E-state index contributed by atoms with van der Waals surface area (Å²) in [6, 6.07) is 22.3. The van der Waals surface area contributed by atoms with E-state index in [0.717, 1.165) is 75.3 Å². The van der Waals surface area contributed by atoms with Crippen LogP contribution in [0.25, 0.3) is 0 Å². The Balaban J connectivity index is 0.918. The van der Waals surface area contributed by atoms with Crippen LogP contribution in [0.3, 0.4) is 0 Å². The first-order chi connectivity index (χ1) is 23.9. The van der Waals surface area contributed by atoms with E-state index in [1.165, 1.54) is 11.4 Å². The van der Waals surface area contributed by atoms with Gasteiger partial charge in [-0.3, -0.25) is 0 Å². The molecule has 0 N–H and O–H groups in total. The average molecular weight is 705 g/mol. The molecular weight excluding hydrogens is 661 g/mol. The number of aromatic nitrogens is 2. The third-order valence-corrected chi connectivity index (χ3v) is 10.0. The van der Waals surface area contributed by atoms with Gasteiger partial charge >= 0.3 is 0 Å². The molecule has 0 saturated carbocycles. The smallest absolute Gasteiger partial charge is 0.215 e. The van der Waals surface area contributed by atoms with E-state index in [1.54, 1.807) is 24.7 Å². The highest BCUT2D eigenvalue weighted by molar-refractivity contribution is 6.35. The molecule has 12 heteroatoms. The van der Waals surface area contributed by atoms with Crippen LogP contribution in [0.15, 0.2) is 90.4 Å². The van der Waals surface area contributed by atoms with Gasteiger partial charge in [0.2, 0.25) is 11.7 Å². The fourth-order valence-electron chi connectivity index (χ4n) is 6.78. The minimum atomic E-state index is -1.08. The highest BCUT2D eigenvalue weighted by Crippen LogP contribution is 2.40. The largest absolute Gasteiger partial charge is 0.491 e. The van der Waals surface area contributed by atoms with Crippen molar-refractivity contribution < 1.29 is 14.2 Å². The van der Waals surface area contributed by atoms with Gasteiger partial charge in [-0.1, -0.05) is 29.3 Å². The van der Waals surface area contributed by atoms with Gasteiger partial charge in [0.25, 0.3) is 0 Å². The van der Waals surface area contributed by atoms with E-state index in [0.29, 0.717) is 29.8 Å². The van der Waals surface area contributed by atoms with Crippen LogP contribution in [0.4, 0.5) is 17.1 Å². The van der Waals surface area contributed by atoms with Crippen LogP contribution in [0, 0.1) is 0 Å². The monoisotopic (exact) mass is 703 g/mol. The van der Waals surface area contributed by atoms with Gasteiger partial charge in [-0.25, -0.2) is 9.98 Å². The van der Waals surface area contributed by atoms with Crippen LogP contribution in [0.1, 0.15) is 19.4 Å². The van der Waals surface area contributed by atoms with Gasteiger partial charge in [-0.05, 0) is 74.5 Å². The Morgan fingerprint density at radius 2 is 1.51 bits per heavy atom. The number of nitrogens with zero attached hydrogens (tertiary/aromatic N) is 7. The summed E-state index contributed by atoms with van der Waals surface area (Å²) in [5.74, 6) is 0.793. The number of piperazine rings is 1. The maximum absolute atomic E-state index is 6.61. The lowest BCUT2D eigenvalue weighted by atomic mass is 10.1. The van der Waals surface area contributed by atoms with Crippen LogP contribution in [0.5, 0.6) is 5.75 Å². The maximum Gasteiger partial charge on any atom is 0.215 e. The first kappa shape index (κ1) is 33.5. The van der Waals surface area contributed by atoms with E-state index in [2.05, 4.69) is 74.8 Å². The van der Waals surface area contributed by atoms with Crippen molar-refractivity contribution in [2.24, 2.45) is 4.99 Å². The summed E-state index contributed by atoms with van der Waals surface area (Å²) >= 11 is 12.8. The summed E-state index contributed by atoms with van der Waals surface area (Å²) < 4.78 is 20.9. The molecule has 3 aliphatic heterocycles. The minimum Gasteiger partial charge on any atom is -0.491 e. The zero-order valence-corrected chi connectivity index (χ0v) is 29.6. The second kappa shape index (κ2) is 14.9. The molecule has 3 fully saturated rings. The predicted octanol–water partition coefficient (Wildman–Crippen LogP) is 6.51. The van der Waals surface area contributed by atoms with E-state index >= 15 is 0 Å². The Bertz CT molecular complexity index is 1700. The molecule has 0 spiro atoms. The summed E-state index contributed by atoms with van der Waals surface area (Å²) in [7, 11) is 0. The number of ether oxygens (including phenoxy) is 3. The van der Waals surface area contributed by atoms with Crippen LogP contribution in [-0.4, -0.2) is 97.0 Å². The molecule has 49 heavy (non-hydrogen) atoms. The SMILES string of the molecule is CCN1CCN(CC)C1=Nc1ccc(N2CCN(c3ccc(OC[C@@H]4CO[C@@](Cn5ccnc5)(c5ccc(Cl)cc5Cl)O4)cc3)CC2)cc1. The molecule has 0 radical (unpaired) electrons. The van der Waals surface area contributed by atoms with Gasteiger partial charge in [-0.2, -0.15) is 0 Å². The Labute approximate surface area is 298 Å². The second-order valence-corrected chi connectivity index (χ2v) is 13.4. The number of hydrogen-bond donors (Lipinski definition) is 0. The molecule has 10 nitrogen and oxygen atoms in total. The fraction of sp³-hybridized carbons (Fsp3) is 0.405. The van der Waals surface area contributed by atoms with Gasteiger partial charge in [0.15, 0.2) is 0 Å². The predicted molar refractivity (Wildman–Crippen MR) is 196 cm³/mol. The first-order valence-corrected chi connectivity index (χ1v) is 17.8. The van der Waals surface area contributed by atoms with Gasteiger partial charge in [0, 0.05) is 86.7 Å². The molecule has 0 amide bonds. The van der Waals surface area contributed by atoms with E-state index in [1.807, 2.05) is 29.0 Å². The lowest BCUT2D eigenvalue weighted by molar-refractivity contribution is -0.189. The maximum atomic E-state index is 6.61. The van der Waals surface area contributed by atoms with Gasteiger partial charge in [0.1, 0.15) is 18.5 Å². The van der Waals surface area contributed by atoms with Crippen LogP contribution >= 0.6 is 23.2 Å².